The third-order valence-electron chi connectivity index (χ3n) is 9.73. The fourth-order valence-electron chi connectivity index (χ4n) is 9.74. The van der Waals surface area contributed by atoms with E-state index in [1.54, 1.807) is 83.5 Å². The molecule has 2 bridgehead atoms. The molecule has 0 spiro atoms. The Hall–Kier alpha value is -0.260. The maximum Gasteiger partial charge on any atom is -0.00149 e. The molecule has 0 atom stereocenters. The molecule has 0 aromatic heterocycles. The first kappa shape index (κ1) is 12.2. The van der Waals surface area contributed by atoms with Crippen LogP contribution in [-0.2, 0) is 0 Å². The van der Waals surface area contributed by atoms with E-state index in [4.69, 9.17) is 0 Å². The fraction of sp³-hybridized carbons (Fsp3) is 0.905. The molecular formula is C21H30. The number of allylic oxidation sites excluding steroid dienone is 2. The Labute approximate surface area is 129 Å². The first-order valence-electron chi connectivity index (χ1n) is 10.0. The van der Waals surface area contributed by atoms with Crippen LogP contribution in [0, 0.1) is 21.7 Å². The minimum absolute atomic E-state index is 0.728. The van der Waals surface area contributed by atoms with E-state index in [1.165, 1.54) is 12.8 Å². The second-order valence-corrected chi connectivity index (χ2v) is 9.65. The van der Waals surface area contributed by atoms with Gasteiger partial charge in [0.15, 0.2) is 0 Å². The predicted octanol–water partition coefficient (Wildman–Crippen LogP) is 6.16. The summed E-state index contributed by atoms with van der Waals surface area (Å²) in [6.07, 6.45) is 23.6. The third kappa shape index (κ3) is 1.00. The van der Waals surface area contributed by atoms with Crippen LogP contribution < -0.4 is 0 Å². The molecule has 0 aromatic rings. The summed E-state index contributed by atoms with van der Waals surface area (Å²) >= 11 is 0. The Morgan fingerprint density at radius 2 is 1.10 bits per heavy atom. The van der Waals surface area contributed by atoms with E-state index in [0.29, 0.717) is 0 Å². The molecule has 0 aromatic carbocycles. The van der Waals surface area contributed by atoms with E-state index >= 15 is 0 Å². The SMILES string of the molecule is C1CC2=C3C4(C1)CCCC3(CCC4)C13CCCC21CCC3. The third-order valence-corrected chi connectivity index (χ3v) is 9.73. The molecule has 0 amide bonds. The maximum absolute atomic E-state index is 2.16. The molecule has 114 valence electrons. The van der Waals surface area contributed by atoms with E-state index in [9.17, 15) is 0 Å². The molecule has 0 unspecified atom stereocenters. The molecular weight excluding hydrogens is 252 g/mol. The van der Waals surface area contributed by atoms with E-state index in [0.717, 1.165) is 21.7 Å². The van der Waals surface area contributed by atoms with Gasteiger partial charge in [-0.15, -0.1) is 0 Å². The van der Waals surface area contributed by atoms with Gasteiger partial charge < -0.3 is 0 Å². The van der Waals surface area contributed by atoms with Crippen LogP contribution in [0.25, 0.3) is 0 Å². The van der Waals surface area contributed by atoms with Crippen molar-refractivity contribution in [2.45, 2.75) is 96.3 Å². The van der Waals surface area contributed by atoms with Crippen molar-refractivity contribution >= 4 is 0 Å². The Morgan fingerprint density at radius 3 is 1.81 bits per heavy atom. The van der Waals surface area contributed by atoms with Crippen LogP contribution >= 0.6 is 0 Å². The van der Waals surface area contributed by atoms with Gasteiger partial charge in [0.05, 0.1) is 0 Å². The zero-order valence-electron chi connectivity index (χ0n) is 13.6. The summed E-state index contributed by atoms with van der Waals surface area (Å²) in [5.74, 6) is 0. The Balaban J connectivity index is 1.71. The van der Waals surface area contributed by atoms with Crippen molar-refractivity contribution < 1.29 is 0 Å². The van der Waals surface area contributed by atoms with Crippen molar-refractivity contribution in [1.82, 2.24) is 0 Å². The minimum atomic E-state index is 0.728. The van der Waals surface area contributed by atoms with Gasteiger partial charge in [0.1, 0.15) is 0 Å². The summed E-state index contributed by atoms with van der Waals surface area (Å²) in [4.78, 5) is 0. The summed E-state index contributed by atoms with van der Waals surface area (Å²) in [7, 11) is 0. The lowest BCUT2D eigenvalue weighted by atomic mass is 9.44. The predicted molar refractivity (Wildman–Crippen MR) is 86.0 cm³/mol. The molecule has 0 N–H and O–H groups in total. The van der Waals surface area contributed by atoms with Crippen LogP contribution in [-0.4, -0.2) is 0 Å². The second-order valence-electron chi connectivity index (χ2n) is 9.65. The Kier molecular flexibility index (Phi) is 2.01. The van der Waals surface area contributed by atoms with Crippen molar-refractivity contribution in [3.8, 4) is 0 Å². The van der Waals surface area contributed by atoms with Crippen LogP contribution in [0.2, 0.25) is 0 Å². The van der Waals surface area contributed by atoms with Gasteiger partial charge in [0.25, 0.3) is 0 Å². The van der Waals surface area contributed by atoms with Crippen LogP contribution in [0.4, 0.5) is 0 Å². The quantitative estimate of drug-likeness (QED) is 0.467. The van der Waals surface area contributed by atoms with E-state index in [-0.39, 0.29) is 0 Å². The Morgan fingerprint density at radius 1 is 0.524 bits per heavy atom. The van der Waals surface area contributed by atoms with Crippen molar-refractivity contribution in [1.29, 1.82) is 0 Å². The highest BCUT2D eigenvalue weighted by Crippen LogP contribution is 2.86. The molecule has 0 heterocycles. The second kappa shape index (κ2) is 3.46. The van der Waals surface area contributed by atoms with Gasteiger partial charge in [-0.2, -0.15) is 0 Å². The smallest absolute Gasteiger partial charge is 0.00149 e. The van der Waals surface area contributed by atoms with Crippen LogP contribution in [0.3, 0.4) is 0 Å². The van der Waals surface area contributed by atoms with Gasteiger partial charge >= 0.3 is 0 Å². The van der Waals surface area contributed by atoms with Gasteiger partial charge in [-0.25, -0.2) is 0 Å². The van der Waals surface area contributed by atoms with Crippen molar-refractivity contribution in [3.05, 3.63) is 11.1 Å². The zero-order chi connectivity index (χ0) is 13.8. The van der Waals surface area contributed by atoms with Crippen LogP contribution in [0.1, 0.15) is 96.3 Å². The topological polar surface area (TPSA) is 0 Å². The van der Waals surface area contributed by atoms with E-state index in [1.807, 2.05) is 0 Å². The molecule has 21 heavy (non-hydrogen) atoms. The average Bonchev–Trinajstić information content (AvgIpc) is 3.06. The largest absolute Gasteiger partial charge is 0.0631 e. The van der Waals surface area contributed by atoms with Crippen molar-refractivity contribution in [2.75, 3.05) is 0 Å². The highest BCUT2D eigenvalue weighted by atomic mass is 14.8. The summed E-state index contributed by atoms with van der Waals surface area (Å²) in [5, 5.41) is 0. The summed E-state index contributed by atoms with van der Waals surface area (Å²) < 4.78 is 0. The van der Waals surface area contributed by atoms with Gasteiger partial charge in [-0.1, -0.05) is 36.8 Å². The van der Waals surface area contributed by atoms with Crippen molar-refractivity contribution in [3.63, 3.8) is 0 Å². The number of hydrogen-bond donors (Lipinski definition) is 0. The first-order chi connectivity index (χ1) is 10.3. The number of rotatable bonds is 0. The van der Waals surface area contributed by atoms with E-state index in [2.05, 4.69) is 11.1 Å². The molecule has 4 saturated carbocycles. The lowest BCUT2D eigenvalue weighted by Crippen LogP contribution is -2.51. The van der Waals surface area contributed by atoms with Gasteiger partial charge in [0, 0.05) is 0 Å². The van der Waals surface area contributed by atoms with Gasteiger partial charge in [0.2, 0.25) is 0 Å². The first-order valence-corrected chi connectivity index (χ1v) is 10.0. The molecule has 0 aliphatic heterocycles. The molecule has 0 heteroatoms. The highest BCUT2D eigenvalue weighted by molar-refractivity contribution is 5.50. The maximum atomic E-state index is 2.16. The molecule has 6 rings (SSSR count). The van der Waals surface area contributed by atoms with Crippen LogP contribution in [0.5, 0.6) is 0 Å². The molecule has 6 aliphatic carbocycles. The normalized spacial score (nSPS) is 57.1. The van der Waals surface area contributed by atoms with Crippen LogP contribution in [0.15, 0.2) is 11.1 Å². The molecule has 6 aliphatic rings. The number of hydrogen-bond acceptors (Lipinski definition) is 0. The molecule has 4 fully saturated rings. The average molecular weight is 282 g/mol. The Bertz CT molecular complexity index is 528. The highest BCUT2D eigenvalue weighted by Gasteiger charge is 2.76. The standard InChI is InChI=1S/C21H30/c1-6-16-17-18(7-1)8-2-12-20(17,13-3-9-18)21-14-4-10-19(16,21)11-5-15-21/h1-15H2. The van der Waals surface area contributed by atoms with Gasteiger partial charge in [-0.05, 0) is 92.3 Å². The zero-order valence-corrected chi connectivity index (χ0v) is 13.6. The lowest BCUT2D eigenvalue weighted by Gasteiger charge is -2.60. The monoisotopic (exact) mass is 282 g/mol. The van der Waals surface area contributed by atoms with Crippen molar-refractivity contribution in [2.24, 2.45) is 21.7 Å². The fourth-order valence-corrected chi connectivity index (χ4v) is 9.74. The minimum Gasteiger partial charge on any atom is -0.0631 e. The van der Waals surface area contributed by atoms with Gasteiger partial charge in [-0.3, -0.25) is 0 Å². The molecule has 0 radical (unpaired) electrons. The molecule has 0 nitrogen and oxygen atoms in total. The summed E-state index contributed by atoms with van der Waals surface area (Å²) in [5.41, 5.74) is 7.25. The molecule has 0 saturated heterocycles. The lowest BCUT2D eigenvalue weighted by molar-refractivity contribution is -0.0393. The summed E-state index contributed by atoms with van der Waals surface area (Å²) in [6.45, 7) is 0. The van der Waals surface area contributed by atoms with E-state index < -0.39 is 0 Å². The summed E-state index contributed by atoms with van der Waals surface area (Å²) in [6, 6.07) is 0.